The van der Waals surface area contributed by atoms with E-state index in [2.05, 4.69) is 28.2 Å². The Morgan fingerprint density at radius 1 is 1.53 bits per heavy atom. The molecule has 1 N–H and O–H groups in total. The fourth-order valence-corrected chi connectivity index (χ4v) is 2.48. The third-order valence-corrected chi connectivity index (χ3v) is 3.76. The Morgan fingerprint density at radius 2 is 2.29 bits per heavy atom. The van der Waals surface area contributed by atoms with Gasteiger partial charge in [0.15, 0.2) is 0 Å². The van der Waals surface area contributed by atoms with Crippen molar-refractivity contribution in [3.05, 3.63) is 32.8 Å². The van der Waals surface area contributed by atoms with Crippen LogP contribution in [0.1, 0.15) is 13.3 Å². The number of anilines is 1. The van der Waals surface area contributed by atoms with Crippen LogP contribution in [0.5, 0.6) is 0 Å². The van der Waals surface area contributed by atoms with E-state index in [-0.39, 0.29) is 5.69 Å². The number of nitro benzene ring substituents is 1. The van der Waals surface area contributed by atoms with Gasteiger partial charge >= 0.3 is 0 Å². The Hall–Kier alpha value is -0.750. The first-order valence-corrected chi connectivity index (χ1v) is 7.35. The molecule has 0 bridgehead atoms. The number of nitrogens with one attached hydrogen (secondary N) is 1. The average molecular weight is 319 g/mol. The predicted molar refractivity (Wildman–Crippen MR) is 76.9 cm³/mol. The highest BCUT2D eigenvalue weighted by atomic mass is 79.9. The van der Waals surface area contributed by atoms with Gasteiger partial charge in [-0.05, 0) is 46.0 Å². The molecule has 4 nitrogen and oxygen atoms in total. The molecule has 0 heterocycles. The second-order valence-electron chi connectivity index (χ2n) is 3.40. The molecule has 0 saturated heterocycles. The van der Waals surface area contributed by atoms with Crippen molar-refractivity contribution in [2.45, 2.75) is 13.3 Å². The summed E-state index contributed by atoms with van der Waals surface area (Å²) in [5, 5.41) is 13.9. The van der Waals surface area contributed by atoms with Gasteiger partial charge in [0, 0.05) is 18.3 Å². The second-order valence-corrected chi connectivity index (χ2v) is 5.65. The molecular formula is C11H15BrN2O2S. The fraction of sp³-hybridized carbons (Fsp3) is 0.455. The van der Waals surface area contributed by atoms with E-state index in [0.29, 0.717) is 4.47 Å². The molecule has 0 unspecified atom stereocenters. The normalized spacial score (nSPS) is 10.2. The molecule has 0 atom stereocenters. The number of nitro groups is 1. The fourth-order valence-electron chi connectivity index (χ4n) is 1.32. The van der Waals surface area contributed by atoms with Crippen LogP contribution in [0.15, 0.2) is 22.7 Å². The summed E-state index contributed by atoms with van der Waals surface area (Å²) in [6.07, 6.45) is 1.09. The van der Waals surface area contributed by atoms with E-state index < -0.39 is 4.92 Å². The van der Waals surface area contributed by atoms with Gasteiger partial charge in [0.1, 0.15) is 0 Å². The van der Waals surface area contributed by atoms with E-state index >= 15 is 0 Å². The highest BCUT2D eigenvalue weighted by Crippen LogP contribution is 2.27. The highest BCUT2D eigenvalue weighted by molar-refractivity contribution is 9.10. The molecule has 6 heteroatoms. The lowest BCUT2D eigenvalue weighted by molar-refractivity contribution is -0.385. The molecule has 0 saturated carbocycles. The topological polar surface area (TPSA) is 55.2 Å². The molecule has 0 fully saturated rings. The molecule has 1 aromatic carbocycles. The monoisotopic (exact) mass is 318 g/mol. The zero-order chi connectivity index (χ0) is 12.7. The van der Waals surface area contributed by atoms with Gasteiger partial charge in [0.25, 0.3) is 5.69 Å². The standard InChI is InChI=1S/C11H15BrN2O2S/c1-2-17-7-3-6-13-9-4-5-11(14(15)16)10(12)8-9/h4-5,8,13H,2-3,6-7H2,1H3. The number of nitrogens with zero attached hydrogens (tertiary/aromatic N) is 1. The number of halogens is 1. The van der Waals surface area contributed by atoms with Crippen LogP contribution < -0.4 is 5.32 Å². The van der Waals surface area contributed by atoms with Gasteiger partial charge < -0.3 is 5.32 Å². The summed E-state index contributed by atoms with van der Waals surface area (Å²) < 4.78 is 0.510. The van der Waals surface area contributed by atoms with Crippen molar-refractivity contribution >= 4 is 39.1 Å². The first kappa shape index (κ1) is 14.3. The molecular weight excluding hydrogens is 304 g/mol. The van der Waals surface area contributed by atoms with Crippen molar-refractivity contribution in [2.24, 2.45) is 0 Å². The number of rotatable bonds is 7. The molecule has 0 aliphatic rings. The molecule has 0 aliphatic carbocycles. The molecule has 94 valence electrons. The summed E-state index contributed by atoms with van der Waals surface area (Å²) in [6, 6.07) is 4.98. The Balaban J connectivity index is 2.45. The van der Waals surface area contributed by atoms with E-state index in [4.69, 9.17) is 0 Å². The van der Waals surface area contributed by atoms with E-state index in [1.54, 1.807) is 12.1 Å². The Morgan fingerprint density at radius 3 is 2.88 bits per heavy atom. The minimum Gasteiger partial charge on any atom is -0.385 e. The number of hydrogen-bond acceptors (Lipinski definition) is 4. The van der Waals surface area contributed by atoms with Crippen molar-refractivity contribution in [1.82, 2.24) is 0 Å². The summed E-state index contributed by atoms with van der Waals surface area (Å²) in [6.45, 7) is 3.03. The zero-order valence-corrected chi connectivity index (χ0v) is 12.0. The molecule has 0 spiro atoms. The van der Waals surface area contributed by atoms with Crippen molar-refractivity contribution in [1.29, 1.82) is 0 Å². The van der Waals surface area contributed by atoms with Crippen LogP contribution in [0.3, 0.4) is 0 Å². The number of hydrogen-bond donors (Lipinski definition) is 1. The molecule has 0 aliphatic heterocycles. The maximum absolute atomic E-state index is 10.6. The Labute approximate surface area is 113 Å². The van der Waals surface area contributed by atoms with Gasteiger partial charge in [-0.2, -0.15) is 11.8 Å². The number of benzene rings is 1. The molecule has 1 rings (SSSR count). The lowest BCUT2D eigenvalue weighted by Gasteiger charge is -2.06. The predicted octanol–water partition coefficient (Wildman–Crippen LogP) is 3.91. The van der Waals surface area contributed by atoms with Crippen LogP contribution >= 0.6 is 27.7 Å². The SMILES string of the molecule is CCSCCCNc1ccc([N+](=O)[O-])c(Br)c1. The average Bonchev–Trinajstić information content (AvgIpc) is 2.28. The van der Waals surface area contributed by atoms with E-state index in [1.165, 1.54) is 6.07 Å². The summed E-state index contributed by atoms with van der Waals surface area (Å²) in [5.74, 6) is 2.28. The smallest absolute Gasteiger partial charge is 0.283 e. The summed E-state index contributed by atoms with van der Waals surface area (Å²) >= 11 is 5.11. The Bertz CT molecular complexity index is 388. The molecule has 1 aromatic rings. The van der Waals surface area contributed by atoms with Crippen molar-refractivity contribution in [3.8, 4) is 0 Å². The molecule has 17 heavy (non-hydrogen) atoms. The van der Waals surface area contributed by atoms with Crippen LogP contribution in [0.2, 0.25) is 0 Å². The second kappa shape index (κ2) is 7.55. The van der Waals surface area contributed by atoms with Crippen LogP contribution in [-0.2, 0) is 0 Å². The zero-order valence-electron chi connectivity index (χ0n) is 9.61. The minimum atomic E-state index is -0.397. The molecule has 0 aromatic heterocycles. The van der Waals surface area contributed by atoms with Crippen molar-refractivity contribution in [3.63, 3.8) is 0 Å². The Kier molecular flexibility index (Phi) is 6.36. The van der Waals surface area contributed by atoms with Gasteiger partial charge in [0.2, 0.25) is 0 Å². The first-order chi connectivity index (χ1) is 8.15. The van der Waals surface area contributed by atoms with Crippen LogP contribution in [0, 0.1) is 10.1 Å². The maximum atomic E-state index is 10.6. The third kappa shape index (κ3) is 4.95. The lowest BCUT2D eigenvalue weighted by atomic mass is 10.3. The largest absolute Gasteiger partial charge is 0.385 e. The van der Waals surface area contributed by atoms with Gasteiger partial charge in [-0.15, -0.1) is 0 Å². The van der Waals surface area contributed by atoms with E-state index in [0.717, 1.165) is 30.2 Å². The van der Waals surface area contributed by atoms with Crippen LogP contribution in [0.4, 0.5) is 11.4 Å². The third-order valence-electron chi connectivity index (χ3n) is 2.14. The molecule has 0 radical (unpaired) electrons. The molecule has 0 amide bonds. The van der Waals surface area contributed by atoms with Gasteiger partial charge in [-0.25, -0.2) is 0 Å². The van der Waals surface area contributed by atoms with Crippen molar-refractivity contribution < 1.29 is 4.92 Å². The maximum Gasteiger partial charge on any atom is 0.283 e. The minimum absolute atomic E-state index is 0.0945. The van der Waals surface area contributed by atoms with Crippen LogP contribution in [-0.4, -0.2) is 23.0 Å². The van der Waals surface area contributed by atoms with Gasteiger partial charge in [0.05, 0.1) is 9.40 Å². The summed E-state index contributed by atoms with van der Waals surface area (Å²) in [4.78, 5) is 10.2. The highest BCUT2D eigenvalue weighted by Gasteiger charge is 2.11. The van der Waals surface area contributed by atoms with Crippen LogP contribution in [0.25, 0.3) is 0 Å². The van der Waals surface area contributed by atoms with Gasteiger partial charge in [-0.1, -0.05) is 6.92 Å². The van der Waals surface area contributed by atoms with E-state index in [1.807, 2.05) is 11.8 Å². The quantitative estimate of drug-likeness (QED) is 0.470. The van der Waals surface area contributed by atoms with E-state index in [9.17, 15) is 10.1 Å². The summed E-state index contributed by atoms with van der Waals surface area (Å²) in [5.41, 5.74) is 1.00. The summed E-state index contributed by atoms with van der Waals surface area (Å²) in [7, 11) is 0. The lowest BCUT2D eigenvalue weighted by Crippen LogP contribution is -2.03. The first-order valence-electron chi connectivity index (χ1n) is 5.40. The van der Waals surface area contributed by atoms with Gasteiger partial charge in [-0.3, -0.25) is 10.1 Å². The van der Waals surface area contributed by atoms with Crippen molar-refractivity contribution in [2.75, 3.05) is 23.4 Å². The number of thioether (sulfide) groups is 1.